The van der Waals surface area contributed by atoms with Gasteiger partial charge < -0.3 is 4.74 Å². The van der Waals surface area contributed by atoms with E-state index in [4.69, 9.17) is 4.74 Å². The van der Waals surface area contributed by atoms with Gasteiger partial charge in [-0.1, -0.05) is 12.1 Å². The fraction of sp³-hybridized carbons (Fsp3) is 0.143. The van der Waals surface area contributed by atoms with Gasteiger partial charge in [0.15, 0.2) is 6.29 Å². The smallest absolute Gasteiger partial charge is 0.429 e. The van der Waals surface area contributed by atoms with E-state index < -0.39 is 12.3 Å². The third-order valence-electron chi connectivity index (χ3n) is 2.60. The van der Waals surface area contributed by atoms with E-state index in [9.17, 15) is 18.0 Å². The summed E-state index contributed by atoms with van der Waals surface area (Å²) < 4.78 is 44.3. The van der Waals surface area contributed by atoms with Crippen LogP contribution in [0.3, 0.4) is 0 Å². The van der Waals surface area contributed by atoms with Crippen LogP contribution in [0.4, 0.5) is 13.2 Å². The number of carbonyl (C=O) groups excluding carboxylic acids is 1. The molecule has 1 heterocycles. The van der Waals surface area contributed by atoms with Crippen LogP contribution < -0.4 is 4.74 Å². The molecule has 0 N–H and O–H groups in total. The monoisotopic (exact) mass is 281 g/mol. The minimum atomic E-state index is -4.60. The molecule has 104 valence electrons. The van der Waals surface area contributed by atoms with Crippen molar-refractivity contribution in [3.63, 3.8) is 0 Å². The van der Waals surface area contributed by atoms with Gasteiger partial charge >= 0.3 is 6.18 Å². The molecule has 0 amide bonds. The van der Waals surface area contributed by atoms with Gasteiger partial charge in [0, 0.05) is 18.0 Å². The average Bonchev–Trinajstić information content (AvgIpc) is 2.45. The molecule has 0 spiro atoms. The molecule has 6 heteroatoms. The zero-order valence-corrected chi connectivity index (χ0v) is 10.2. The predicted molar refractivity (Wildman–Crippen MR) is 65.5 cm³/mol. The Morgan fingerprint density at radius 2 is 1.75 bits per heavy atom. The summed E-state index contributed by atoms with van der Waals surface area (Å²) in [6.07, 6.45) is -3.79. The van der Waals surface area contributed by atoms with Crippen molar-refractivity contribution in [2.45, 2.75) is 12.3 Å². The molecule has 2 rings (SSSR count). The number of pyridine rings is 1. The maximum Gasteiger partial charge on any atom is 0.429 e. The van der Waals surface area contributed by atoms with Crippen molar-refractivity contribution in [2.24, 2.45) is 0 Å². The number of carbonyl (C=O) groups is 1. The third kappa shape index (κ3) is 3.14. The highest BCUT2D eigenvalue weighted by atomic mass is 19.4. The highest BCUT2D eigenvalue weighted by Crippen LogP contribution is 2.37. The topological polar surface area (TPSA) is 39.2 Å². The maximum atomic E-state index is 13.1. The molecule has 0 radical (unpaired) electrons. The van der Waals surface area contributed by atoms with Gasteiger partial charge in [-0.25, -0.2) is 0 Å². The number of ether oxygens (including phenoxy) is 1. The van der Waals surface area contributed by atoms with E-state index in [-0.39, 0.29) is 16.9 Å². The second kappa shape index (κ2) is 5.73. The number of aromatic nitrogens is 1. The number of halogens is 3. The predicted octanol–water partition coefficient (Wildman–Crippen LogP) is 3.58. The zero-order chi connectivity index (χ0) is 14.6. The summed E-state index contributed by atoms with van der Waals surface area (Å²) in [5.41, 5.74) is -0.0102. The molecule has 0 bridgehead atoms. The standard InChI is InChI=1S/C14H10F3NO2/c15-14(16,17)13(10-5-7-18-8-6-10)20-12-4-2-1-3-11(12)9-19/h1-9,13H. The first kappa shape index (κ1) is 14.0. The first-order valence-corrected chi connectivity index (χ1v) is 5.70. The lowest BCUT2D eigenvalue weighted by Gasteiger charge is -2.22. The Bertz CT molecular complexity index is 584. The van der Waals surface area contributed by atoms with Crippen molar-refractivity contribution in [2.75, 3.05) is 0 Å². The second-order valence-corrected chi connectivity index (χ2v) is 3.98. The number of benzene rings is 1. The summed E-state index contributed by atoms with van der Waals surface area (Å²) in [6.45, 7) is 0. The normalized spacial score (nSPS) is 12.8. The molecule has 20 heavy (non-hydrogen) atoms. The number of nitrogens with zero attached hydrogens (tertiary/aromatic N) is 1. The molecule has 1 atom stereocenters. The summed E-state index contributed by atoms with van der Waals surface area (Å²) in [4.78, 5) is 14.5. The Balaban J connectivity index is 2.37. The highest BCUT2D eigenvalue weighted by Gasteiger charge is 2.43. The van der Waals surface area contributed by atoms with Crippen molar-refractivity contribution >= 4 is 6.29 Å². The first-order valence-electron chi connectivity index (χ1n) is 5.70. The van der Waals surface area contributed by atoms with Crippen LogP contribution in [0.1, 0.15) is 22.0 Å². The lowest BCUT2D eigenvalue weighted by atomic mass is 10.1. The van der Waals surface area contributed by atoms with Gasteiger partial charge in [0.05, 0.1) is 5.56 Å². The van der Waals surface area contributed by atoms with E-state index >= 15 is 0 Å². The molecular formula is C14H10F3NO2. The van der Waals surface area contributed by atoms with Gasteiger partial charge in [0.2, 0.25) is 6.10 Å². The number of rotatable bonds is 4. The number of para-hydroxylation sites is 1. The van der Waals surface area contributed by atoms with E-state index in [1.54, 1.807) is 6.07 Å². The van der Waals surface area contributed by atoms with Crippen molar-refractivity contribution in [3.8, 4) is 5.75 Å². The van der Waals surface area contributed by atoms with E-state index in [1.165, 1.54) is 42.7 Å². The lowest BCUT2D eigenvalue weighted by molar-refractivity contribution is -0.198. The highest BCUT2D eigenvalue weighted by molar-refractivity contribution is 5.79. The molecule has 0 aliphatic carbocycles. The van der Waals surface area contributed by atoms with Gasteiger partial charge in [-0.05, 0) is 24.3 Å². The molecule has 2 aromatic rings. The molecular weight excluding hydrogens is 271 g/mol. The Morgan fingerprint density at radius 1 is 1.10 bits per heavy atom. The number of hydrogen-bond acceptors (Lipinski definition) is 3. The summed E-state index contributed by atoms with van der Waals surface area (Å²) >= 11 is 0. The quantitative estimate of drug-likeness (QED) is 0.804. The number of aldehydes is 1. The molecule has 0 saturated heterocycles. The first-order chi connectivity index (χ1) is 9.52. The molecule has 0 aliphatic heterocycles. The molecule has 1 unspecified atom stereocenters. The van der Waals surface area contributed by atoms with Crippen LogP contribution in [-0.4, -0.2) is 17.4 Å². The molecule has 1 aromatic heterocycles. The summed E-state index contributed by atoms with van der Waals surface area (Å²) in [7, 11) is 0. The Kier molecular flexibility index (Phi) is 4.02. The lowest BCUT2D eigenvalue weighted by Crippen LogP contribution is -2.26. The van der Waals surface area contributed by atoms with Crippen molar-refractivity contribution in [3.05, 3.63) is 59.9 Å². The minimum absolute atomic E-state index is 0.0656. The van der Waals surface area contributed by atoms with Gasteiger partial charge in [0.25, 0.3) is 0 Å². The van der Waals surface area contributed by atoms with Gasteiger partial charge in [-0.2, -0.15) is 13.2 Å². The van der Waals surface area contributed by atoms with E-state index in [2.05, 4.69) is 4.98 Å². The molecule has 1 aromatic carbocycles. The molecule has 3 nitrogen and oxygen atoms in total. The average molecular weight is 281 g/mol. The van der Waals surface area contributed by atoms with Crippen LogP contribution in [0, 0.1) is 0 Å². The number of alkyl halides is 3. The second-order valence-electron chi connectivity index (χ2n) is 3.98. The van der Waals surface area contributed by atoms with Gasteiger partial charge in [0.1, 0.15) is 5.75 Å². The van der Waals surface area contributed by atoms with Crippen molar-refractivity contribution in [1.82, 2.24) is 4.98 Å². The van der Waals surface area contributed by atoms with Crippen LogP contribution in [-0.2, 0) is 0 Å². The Labute approximate surface area is 113 Å². The van der Waals surface area contributed by atoms with Crippen LogP contribution in [0.5, 0.6) is 5.75 Å². The van der Waals surface area contributed by atoms with Crippen LogP contribution in [0.25, 0.3) is 0 Å². The SMILES string of the molecule is O=Cc1ccccc1OC(c1ccncc1)C(F)(F)F. The Morgan fingerprint density at radius 3 is 2.35 bits per heavy atom. The van der Waals surface area contributed by atoms with Crippen molar-refractivity contribution < 1.29 is 22.7 Å². The summed E-state index contributed by atoms with van der Waals surface area (Å²) in [5.74, 6) is -0.110. The minimum Gasteiger partial charge on any atom is -0.475 e. The molecule has 0 aliphatic rings. The van der Waals surface area contributed by atoms with Gasteiger partial charge in [-0.15, -0.1) is 0 Å². The van der Waals surface area contributed by atoms with E-state index in [1.807, 2.05) is 0 Å². The summed E-state index contributed by atoms with van der Waals surface area (Å²) in [6, 6.07) is 8.21. The fourth-order valence-electron chi connectivity index (χ4n) is 1.67. The third-order valence-corrected chi connectivity index (χ3v) is 2.60. The van der Waals surface area contributed by atoms with Crippen LogP contribution >= 0.6 is 0 Å². The van der Waals surface area contributed by atoms with Gasteiger partial charge in [-0.3, -0.25) is 9.78 Å². The maximum absolute atomic E-state index is 13.1. The van der Waals surface area contributed by atoms with E-state index in [0.29, 0.717) is 6.29 Å². The van der Waals surface area contributed by atoms with Crippen molar-refractivity contribution in [1.29, 1.82) is 0 Å². The largest absolute Gasteiger partial charge is 0.475 e. The van der Waals surface area contributed by atoms with E-state index in [0.717, 1.165) is 0 Å². The fourth-order valence-corrected chi connectivity index (χ4v) is 1.67. The summed E-state index contributed by atoms with van der Waals surface area (Å²) in [5, 5.41) is 0. The molecule has 0 saturated carbocycles. The van der Waals surface area contributed by atoms with Crippen LogP contribution in [0.2, 0.25) is 0 Å². The van der Waals surface area contributed by atoms with Crippen LogP contribution in [0.15, 0.2) is 48.8 Å². The molecule has 0 fully saturated rings. The zero-order valence-electron chi connectivity index (χ0n) is 10.2. The Hall–Kier alpha value is -2.37. The number of hydrogen-bond donors (Lipinski definition) is 0.